The Morgan fingerprint density at radius 2 is 0.750 bits per heavy atom. The molecule has 0 aliphatic rings. The summed E-state index contributed by atoms with van der Waals surface area (Å²) < 4.78 is 4.00. The molecule has 0 fully saturated rings. The average molecular weight is 745 g/mol. The second-order valence-electron chi connectivity index (χ2n) is 14.7. The zero-order valence-corrected chi connectivity index (χ0v) is 31.9. The summed E-state index contributed by atoms with van der Waals surface area (Å²) in [6.07, 6.45) is 0. The van der Waals surface area contributed by atoms with Crippen molar-refractivity contribution in [3.63, 3.8) is 0 Å². The van der Waals surface area contributed by atoms with Gasteiger partial charge in [0, 0.05) is 51.8 Å². The second kappa shape index (κ2) is 12.5. The first-order valence-electron chi connectivity index (χ1n) is 19.2. The predicted molar refractivity (Wildman–Crippen MR) is 246 cm³/mol. The third kappa shape index (κ3) is 4.77. The standard InChI is InChI=1S/C54H32S2/c1-2-16-35(17-3-1)49-46-32-45-40-20-12-13-25-47(40)55-53(45)51(54(46)56-52(49)39-29-27-34-15-5-7-19-37(34)31-39)50-43-23-10-8-21-41(43)48(42-22-9-11-24-44(42)50)38-28-26-33-14-4-6-18-36(33)30-38/h1-32H. The van der Waals surface area contributed by atoms with Gasteiger partial charge in [-0.15, -0.1) is 22.7 Å². The number of rotatable bonds is 4. The van der Waals surface area contributed by atoms with Crippen molar-refractivity contribution in [2.24, 2.45) is 0 Å². The Kier molecular flexibility index (Phi) is 7.07. The van der Waals surface area contributed by atoms with Crippen molar-refractivity contribution in [1.82, 2.24) is 0 Å². The van der Waals surface area contributed by atoms with Gasteiger partial charge in [-0.2, -0.15) is 0 Å². The lowest BCUT2D eigenvalue weighted by Gasteiger charge is -2.19. The molecule has 2 aromatic heterocycles. The molecule has 12 aromatic rings. The fourth-order valence-corrected chi connectivity index (χ4v) is 11.8. The third-order valence-corrected chi connectivity index (χ3v) is 14.1. The molecule has 2 heterocycles. The summed E-state index contributed by atoms with van der Waals surface area (Å²) >= 11 is 3.88. The Bertz CT molecular complexity index is 3470. The van der Waals surface area contributed by atoms with Crippen molar-refractivity contribution in [2.45, 2.75) is 0 Å². The quantitative estimate of drug-likeness (QED) is 0.157. The molecule has 0 amide bonds. The molecule has 56 heavy (non-hydrogen) atoms. The van der Waals surface area contributed by atoms with Gasteiger partial charge in [-0.3, -0.25) is 0 Å². The fourth-order valence-electron chi connectivity index (χ4n) is 9.12. The van der Waals surface area contributed by atoms with Crippen LogP contribution in [0.2, 0.25) is 0 Å². The largest absolute Gasteiger partial charge is 0.134 e. The molecule has 0 atom stereocenters. The molecule has 0 unspecified atom stereocenters. The number of hydrogen-bond acceptors (Lipinski definition) is 2. The minimum absolute atomic E-state index is 1.24. The summed E-state index contributed by atoms with van der Waals surface area (Å²) in [5, 5.41) is 14.1. The van der Waals surface area contributed by atoms with E-state index in [1.165, 1.54) is 117 Å². The first-order valence-corrected chi connectivity index (χ1v) is 20.8. The summed E-state index contributed by atoms with van der Waals surface area (Å²) in [7, 11) is 0. The molecule has 0 spiro atoms. The Labute approximate surface area is 332 Å². The van der Waals surface area contributed by atoms with Gasteiger partial charge in [-0.1, -0.05) is 170 Å². The van der Waals surface area contributed by atoms with Crippen molar-refractivity contribution in [2.75, 3.05) is 0 Å². The van der Waals surface area contributed by atoms with E-state index in [0.29, 0.717) is 0 Å². The van der Waals surface area contributed by atoms with Crippen LogP contribution >= 0.6 is 22.7 Å². The molecule has 10 aromatic carbocycles. The van der Waals surface area contributed by atoms with Gasteiger partial charge in [0.25, 0.3) is 0 Å². The molecule has 260 valence electrons. The molecule has 0 N–H and O–H groups in total. The molecular formula is C54H32S2. The summed E-state index contributed by atoms with van der Waals surface area (Å²) in [5.74, 6) is 0. The average Bonchev–Trinajstić information content (AvgIpc) is 3.83. The van der Waals surface area contributed by atoms with Crippen LogP contribution in [-0.4, -0.2) is 0 Å². The van der Waals surface area contributed by atoms with Gasteiger partial charge in [0.15, 0.2) is 0 Å². The van der Waals surface area contributed by atoms with Gasteiger partial charge in [-0.25, -0.2) is 0 Å². The smallest absolute Gasteiger partial charge is 0.0449 e. The van der Waals surface area contributed by atoms with Gasteiger partial charge in [0.1, 0.15) is 0 Å². The second-order valence-corrected chi connectivity index (χ2v) is 16.8. The molecule has 2 heteroatoms. The summed E-state index contributed by atoms with van der Waals surface area (Å²) in [6.45, 7) is 0. The van der Waals surface area contributed by atoms with E-state index >= 15 is 0 Å². The number of fused-ring (bicyclic) bond motifs is 8. The van der Waals surface area contributed by atoms with E-state index in [2.05, 4.69) is 194 Å². The lowest BCUT2D eigenvalue weighted by atomic mass is 9.84. The van der Waals surface area contributed by atoms with Crippen LogP contribution in [0.5, 0.6) is 0 Å². The molecular weight excluding hydrogens is 713 g/mol. The highest BCUT2D eigenvalue weighted by molar-refractivity contribution is 7.28. The Morgan fingerprint density at radius 1 is 0.250 bits per heavy atom. The molecule has 0 nitrogen and oxygen atoms in total. The SMILES string of the molecule is c1ccc(-c2c(-c3ccc4ccccc4c3)sc3c(-c4c5ccccc5c(-c5ccc6ccccc6c5)c5ccccc45)c4sc5ccccc5c4cc23)cc1. The van der Waals surface area contributed by atoms with Crippen LogP contribution in [0.15, 0.2) is 194 Å². The topological polar surface area (TPSA) is 0 Å². The minimum atomic E-state index is 1.24. The van der Waals surface area contributed by atoms with Crippen molar-refractivity contribution < 1.29 is 0 Å². The van der Waals surface area contributed by atoms with E-state index in [1.807, 2.05) is 22.7 Å². The van der Waals surface area contributed by atoms with E-state index in [1.54, 1.807) is 0 Å². The van der Waals surface area contributed by atoms with Gasteiger partial charge in [-0.05, 0) is 89.6 Å². The van der Waals surface area contributed by atoms with Crippen molar-refractivity contribution in [3.05, 3.63) is 194 Å². The lowest BCUT2D eigenvalue weighted by molar-refractivity contribution is 1.67. The summed E-state index contributed by atoms with van der Waals surface area (Å²) in [4.78, 5) is 1.31. The summed E-state index contributed by atoms with van der Waals surface area (Å²) in [5.41, 5.74) is 8.99. The van der Waals surface area contributed by atoms with E-state index < -0.39 is 0 Å². The Balaban J connectivity index is 1.27. The van der Waals surface area contributed by atoms with E-state index in [9.17, 15) is 0 Å². The number of benzene rings is 10. The van der Waals surface area contributed by atoms with E-state index in [0.717, 1.165) is 0 Å². The van der Waals surface area contributed by atoms with Gasteiger partial charge in [0.2, 0.25) is 0 Å². The maximum atomic E-state index is 2.50. The zero-order valence-electron chi connectivity index (χ0n) is 30.3. The van der Waals surface area contributed by atoms with E-state index in [-0.39, 0.29) is 0 Å². The van der Waals surface area contributed by atoms with Crippen molar-refractivity contribution in [3.8, 4) is 43.8 Å². The highest BCUT2D eigenvalue weighted by Crippen LogP contribution is 2.55. The minimum Gasteiger partial charge on any atom is -0.134 e. The molecule has 0 saturated heterocycles. The van der Waals surface area contributed by atoms with Crippen molar-refractivity contribution >= 4 is 96.0 Å². The first kappa shape index (κ1) is 31.7. The van der Waals surface area contributed by atoms with Gasteiger partial charge in [0.05, 0.1) is 0 Å². The summed E-state index contributed by atoms with van der Waals surface area (Å²) in [6, 6.07) is 72.1. The molecule has 12 rings (SSSR count). The van der Waals surface area contributed by atoms with Crippen LogP contribution < -0.4 is 0 Å². The maximum absolute atomic E-state index is 2.50. The third-order valence-electron chi connectivity index (χ3n) is 11.6. The van der Waals surface area contributed by atoms with Crippen LogP contribution in [0, 0.1) is 0 Å². The van der Waals surface area contributed by atoms with E-state index in [4.69, 9.17) is 0 Å². The molecule has 0 saturated carbocycles. The lowest BCUT2D eigenvalue weighted by Crippen LogP contribution is -1.91. The molecule has 0 aliphatic heterocycles. The Hall–Kier alpha value is -6.58. The normalized spacial score (nSPS) is 11.9. The van der Waals surface area contributed by atoms with Gasteiger partial charge >= 0.3 is 0 Å². The monoisotopic (exact) mass is 744 g/mol. The number of thiophene rings is 2. The van der Waals surface area contributed by atoms with Crippen LogP contribution in [0.25, 0.3) is 117 Å². The zero-order chi connectivity index (χ0) is 36.7. The highest BCUT2D eigenvalue weighted by Gasteiger charge is 2.26. The highest BCUT2D eigenvalue weighted by atomic mass is 32.1. The van der Waals surface area contributed by atoms with Crippen LogP contribution in [0.3, 0.4) is 0 Å². The van der Waals surface area contributed by atoms with Gasteiger partial charge < -0.3 is 0 Å². The Morgan fingerprint density at radius 3 is 1.41 bits per heavy atom. The fraction of sp³-hybridized carbons (Fsp3) is 0. The molecule has 0 radical (unpaired) electrons. The maximum Gasteiger partial charge on any atom is 0.0449 e. The molecule has 0 aliphatic carbocycles. The van der Waals surface area contributed by atoms with Crippen molar-refractivity contribution in [1.29, 1.82) is 0 Å². The predicted octanol–water partition coefficient (Wildman–Crippen LogP) is 16.5. The van der Waals surface area contributed by atoms with Crippen LogP contribution in [0.4, 0.5) is 0 Å². The van der Waals surface area contributed by atoms with Crippen LogP contribution in [0.1, 0.15) is 0 Å². The molecule has 0 bridgehead atoms. The first-order chi connectivity index (χ1) is 27.8. The van der Waals surface area contributed by atoms with Crippen LogP contribution in [-0.2, 0) is 0 Å². The number of hydrogen-bond donors (Lipinski definition) is 0.